The Morgan fingerprint density at radius 3 is 3.00 bits per heavy atom. The van der Waals surface area contributed by atoms with Gasteiger partial charge in [-0.25, -0.2) is 0 Å². The molecular formula is C11H24N2O2. The highest BCUT2D eigenvalue weighted by atomic mass is 16.5. The predicted octanol–water partition coefficient (Wildman–Crippen LogP) is 0.333. The van der Waals surface area contributed by atoms with Gasteiger partial charge in [-0.3, -0.25) is 0 Å². The van der Waals surface area contributed by atoms with Crippen molar-refractivity contribution in [2.45, 2.75) is 18.9 Å². The Labute approximate surface area is 92.9 Å². The predicted molar refractivity (Wildman–Crippen MR) is 61.2 cm³/mol. The molecule has 1 saturated heterocycles. The summed E-state index contributed by atoms with van der Waals surface area (Å²) < 4.78 is 10.3. The molecule has 0 bridgehead atoms. The number of hydrogen-bond acceptors (Lipinski definition) is 4. The summed E-state index contributed by atoms with van der Waals surface area (Å²) in [6.07, 6.45) is 2.36. The molecule has 15 heavy (non-hydrogen) atoms. The van der Waals surface area contributed by atoms with Gasteiger partial charge in [0.1, 0.15) is 0 Å². The SMILES string of the molecule is COCCN(C)CCCNC1CCOC1. The number of likely N-dealkylation sites (N-methyl/N-ethyl adjacent to an activating group) is 1. The highest BCUT2D eigenvalue weighted by Crippen LogP contribution is 2.02. The minimum Gasteiger partial charge on any atom is -0.383 e. The number of nitrogens with one attached hydrogen (secondary N) is 1. The van der Waals surface area contributed by atoms with Gasteiger partial charge in [0.2, 0.25) is 0 Å². The van der Waals surface area contributed by atoms with Crippen molar-refractivity contribution in [3.63, 3.8) is 0 Å². The van der Waals surface area contributed by atoms with E-state index in [9.17, 15) is 0 Å². The average Bonchev–Trinajstić information content (AvgIpc) is 2.74. The molecule has 0 saturated carbocycles. The first kappa shape index (κ1) is 12.9. The first-order valence-corrected chi connectivity index (χ1v) is 5.81. The summed E-state index contributed by atoms with van der Waals surface area (Å²) in [5.74, 6) is 0. The minimum absolute atomic E-state index is 0.592. The maximum atomic E-state index is 5.30. The van der Waals surface area contributed by atoms with Crippen molar-refractivity contribution in [3.05, 3.63) is 0 Å². The van der Waals surface area contributed by atoms with Crippen LogP contribution in [0.15, 0.2) is 0 Å². The lowest BCUT2D eigenvalue weighted by atomic mass is 10.2. The summed E-state index contributed by atoms with van der Waals surface area (Å²) in [6.45, 7) is 5.86. The van der Waals surface area contributed by atoms with Gasteiger partial charge in [0, 0.05) is 26.3 Å². The first-order valence-electron chi connectivity index (χ1n) is 5.81. The normalized spacial score (nSPS) is 21.4. The van der Waals surface area contributed by atoms with Crippen molar-refractivity contribution in [1.82, 2.24) is 10.2 Å². The van der Waals surface area contributed by atoms with Crippen molar-refractivity contribution in [1.29, 1.82) is 0 Å². The molecule has 1 atom stereocenters. The van der Waals surface area contributed by atoms with Gasteiger partial charge in [-0.1, -0.05) is 0 Å². The lowest BCUT2D eigenvalue weighted by Gasteiger charge is -2.16. The van der Waals surface area contributed by atoms with Crippen molar-refractivity contribution >= 4 is 0 Å². The number of ether oxygens (including phenoxy) is 2. The first-order chi connectivity index (χ1) is 7.33. The van der Waals surface area contributed by atoms with E-state index < -0.39 is 0 Å². The van der Waals surface area contributed by atoms with E-state index in [0.717, 1.165) is 39.5 Å². The van der Waals surface area contributed by atoms with E-state index in [1.807, 2.05) is 0 Å². The zero-order valence-corrected chi connectivity index (χ0v) is 10.00. The molecule has 0 aromatic rings. The Hall–Kier alpha value is -0.160. The van der Waals surface area contributed by atoms with Gasteiger partial charge in [-0.15, -0.1) is 0 Å². The highest BCUT2D eigenvalue weighted by molar-refractivity contribution is 4.70. The van der Waals surface area contributed by atoms with Crippen molar-refractivity contribution in [2.24, 2.45) is 0 Å². The number of rotatable bonds is 8. The second-order valence-electron chi connectivity index (χ2n) is 4.16. The molecule has 90 valence electrons. The largest absolute Gasteiger partial charge is 0.383 e. The van der Waals surface area contributed by atoms with Crippen molar-refractivity contribution in [2.75, 3.05) is 53.6 Å². The molecule has 4 heteroatoms. The summed E-state index contributed by atoms with van der Waals surface area (Å²) in [5.41, 5.74) is 0. The molecule has 4 nitrogen and oxygen atoms in total. The van der Waals surface area contributed by atoms with E-state index in [1.165, 1.54) is 12.8 Å². The van der Waals surface area contributed by atoms with Crippen LogP contribution in [0.4, 0.5) is 0 Å². The van der Waals surface area contributed by atoms with Crippen LogP contribution in [0.1, 0.15) is 12.8 Å². The van der Waals surface area contributed by atoms with E-state index in [4.69, 9.17) is 9.47 Å². The number of nitrogens with zero attached hydrogens (tertiary/aromatic N) is 1. The summed E-state index contributed by atoms with van der Waals surface area (Å²) in [4.78, 5) is 2.30. The van der Waals surface area contributed by atoms with E-state index in [1.54, 1.807) is 7.11 Å². The van der Waals surface area contributed by atoms with Gasteiger partial charge in [-0.2, -0.15) is 0 Å². The Bertz CT molecular complexity index is 150. The molecule has 1 unspecified atom stereocenters. The lowest BCUT2D eigenvalue weighted by Crippen LogP contribution is -2.32. The third kappa shape index (κ3) is 6.10. The van der Waals surface area contributed by atoms with E-state index in [2.05, 4.69) is 17.3 Å². The Morgan fingerprint density at radius 2 is 2.33 bits per heavy atom. The lowest BCUT2D eigenvalue weighted by molar-refractivity contribution is 0.160. The molecule has 0 aliphatic carbocycles. The second-order valence-corrected chi connectivity index (χ2v) is 4.16. The van der Waals surface area contributed by atoms with Gasteiger partial charge in [0.05, 0.1) is 13.2 Å². The van der Waals surface area contributed by atoms with E-state index in [-0.39, 0.29) is 0 Å². The third-order valence-corrected chi connectivity index (χ3v) is 2.76. The van der Waals surface area contributed by atoms with Crippen LogP contribution in [0.2, 0.25) is 0 Å². The zero-order valence-electron chi connectivity index (χ0n) is 10.00. The van der Waals surface area contributed by atoms with E-state index >= 15 is 0 Å². The topological polar surface area (TPSA) is 33.7 Å². The van der Waals surface area contributed by atoms with Crippen LogP contribution in [-0.2, 0) is 9.47 Å². The van der Waals surface area contributed by atoms with Crippen LogP contribution in [0.3, 0.4) is 0 Å². The van der Waals surface area contributed by atoms with Gasteiger partial charge in [0.15, 0.2) is 0 Å². The van der Waals surface area contributed by atoms with Gasteiger partial charge < -0.3 is 19.7 Å². The quantitative estimate of drug-likeness (QED) is 0.593. The van der Waals surface area contributed by atoms with Gasteiger partial charge in [0.25, 0.3) is 0 Å². The summed E-state index contributed by atoms with van der Waals surface area (Å²) in [5, 5.41) is 3.51. The zero-order chi connectivity index (χ0) is 10.9. The maximum Gasteiger partial charge on any atom is 0.0620 e. The molecular weight excluding hydrogens is 192 g/mol. The standard InChI is InChI=1S/C11H24N2O2/c1-13(7-9-14-2)6-3-5-12-11-4-8-15-10-11/h11-12H,3-10H2,1-2H3. The molecule has 0 spiro atoms. The van der Waals surface area contributed by atoms with Crippen LogP contribution in [-0.4, -0.2) is 64.6 Å². The fourth-order valence-electron chi connectivity index (χ4n) is 1.71. The molecule has 0 amide bonds. The van der Waals surface area contributed by atoms with E-state index in [0.29, 0.717) is 6.04 Å². The molecule has 0 radical (unpaired) electrons. The summed E-state index contributed by atoms with van der Waals surface area (Å²) >= 11 is 0. The van der Waals surface area contributed by atoms with Gasteiger partial charge in [-0.05, 0) is 33.0 Å². The number of hydrogen-bond donors (Lipinski definition) is 1. The summed E-state index contributed by atoms with van der Waals surface area (Å²) in [7, 11) is 3.88. The molecule has 1 rings (SSSR count). The molecule has 0 aromatic carbocycles. The summed E-state index contributed by atoms with van der Waals surface area (Å²) in [6, 6.07) is 0.592. The Kier molecular flexibility index (Phi) is 6.92. The van der Waals surface area contributed by atoms with Crippen molar-refractivity contribution in [3.8, 4) is 0 Å². The fraction of sp³-hybridized carbons (Fsp3) is 1.00. The van der Waals surface area contributed by atoms with Crippen molar-refractivity contribution < 1.29 is 9.47 Å². The molecule has 1 fully saturated rings. The minimum atomic E-state index is 0.592. The highest BCUT2D eigenvalue weighted by Gasteiger charge is 2.13. The van der Waals surface area contributed by atoms with Crippen LogP contribution in [0, 0.1) is 0 Å². The molecule has 0 aromatic heterocycles. The van der Waals surface area contributed by atoms with Crippen LogP contribution in [0.5, 0.6) is 0 Å². The smallest absolute Gasteiger partial charge is 0.0620 e. The fourth-order valence-corrected chi connectivity index (χ4v) is 1.71. The molecule has 1 N–H and O–H groups in total. The second kappa shape index (κ2) is 8.05. The Balaban J connectivity index is 1.87. The monoisotopic (exact) mass is 216 g/mol. The van der Waals surface area contributed by atoms with Crippen LogP contribution >= 0.6 is 0 Å². The Morgan fingerprint density at radius 1 is 1.47 bits per heavy atom. The molecule has 1 heterocycles. The van der Waals surface area contributed by atoms with Crippen LogP contribution < -0.4 is 5.32 Å². The van der Waals surface area contributed by atoms with Crippen LogP contribution in [0.25, 0.3) is 0 Å². The third-order valence-electron chi connectivity index (χ3n) is 2.76. The number of methoxy groups -OCH3 is 1. The molecule has 1 aliphatic rings. The average molecular weight is 216 g/mol. The van der Waals surface area contributed by atoms with Gasteiger partial charge >= 0.3 is 0 Å². The molecule has 1 aliphatic heterocycles. The maximum absolute atomic E-state index is 5.30.